The number of sulfonamides is 1. The fourth-order valence-electron chi connectivity index (χ4n) is 4.56. The van der Waals surface area contributed by atoms with Gasteiger partial charge in [-0.2, -0.15) is 0 Å². The minimum Gasteiger partial charge on any atom is -0.377 e. The Morgan fingerprint density at radius 2 is 1.53 bits per heavy atom. The van der Waals surface area contributed by atoms with Crippen LogP contribution < -0.4 is 5.32 Å². The van der Waals surface area contributed by atoms with E-state index in [1.807, 2.05) is 41.3 Å². The average Bonchev–Trinajstić information content (AvgIpc) is 2.99. The van der Waals surface area contributed by atoms with Crippen LogP contribution in [0.4, 0.5) is 0 Å². The normalized spacial score (nSPS) is 19.0. The number of benzene rings is 2. The number of piperidine rings is 1. The van der Waals surface area contributed by atoms with Crippen LogP contribution in [0.15, 0.2) is 66.4 Å². The predicted molar refractivity (Wildman–Crippen MR) is 132 cm³/mol. The van der Waals surface area contributed by atoms with Crippen LogP contribution in [0.3, 0.4) is 0 Å². The standard InChI is InChI=1S/C26H31N3O4S/c1-26(2,3)29-25(31)23(24(34(29,32)33)20-12-8-5-9-13-20)27-21-14-16-28(17-15-21)22(30)18-19-10-6-4-7-11-19/h4-13,21,27H,14-18H2,1-3H3. The largest absolute Gasteiger partial charge is 0.377 e. The molecule has 1 N–H and O–H groups in total. The number of rotatable bonds is 5. The molecule has 0 spiro atoms. The quantitative estimate of drug-likeness (QED) is 0.709. The first kappa shape index (κ1) is 24.0. The molecule has 0 unspecified atom stereocenters. The van der Waals surface area contributed by atoms with Gasteiger partial charge >= 0.3 is 0 Å². The molecule has 2 heterocycles. The highest BCUT2D eigenvalue weighted by Gasteiger charge is 2.49. The van der Waals surface area contributed by atoms with E-state index in [9.17, 15) is 18.0 Å². The van der Waals surface area contributed by atoms with Crippen LogP contribution in [-0.4, -0.2) is 54.1 Å². The predicted octanol–water partition coefficient (Wildman–Crippen LogP) is 3.15. The Hall–Kier alpha value is -3.13. The van der Waals surface area contributed by atoms with Crippen molar-refractivity contribution in [3.8, 4) is 0 Å². The van der Waals surface area contributed by atoms with Crippen LogP contribution in [0.25, 0.3) is 4.91 Å². The van der Waals surface area contributed by atoms with Crippen molar-refractivity contribution in [1.29, 1.82) is 0 Å². The van der Waals surface area contributed by atoms with Gasteiger partial charge in [-0.25, -0.2) is 12.7 Å². The van der Waals surface area contributed by atoms with Gasteiger partial charge in [-0.05, 0) is 44.7 Å². The van der Waals surface area contributed by atoms with Crippen LogP contribution in [0.5, 0.6) is 0 Å². The zero-order valence-electron chi connectivity index (χ0n) is 19.8. The van der Waals surface area contributed by atoms with Crippen molar-refractivity contribution in [2.75, 3.05) is 13.1 Å². The summed E-state index contributed by atoms with van der Waals surface area (Å²) in [5, 5.41) is 3.25. The molecule has 1 fully saturated rings. The van der Waals surface area contributed by atoms with Crippen molar-refractivity contribution in [2.24, 2.45) is 0 Å². The van der Waals surface area contributed by atoms with Gasteiger partial charge in [0.15, 0.2) is 0 Å². The van der Waals surface area contributed by atoms with E-state index in [0.717, 1.165) is 9.87 Å². The molecule has 2 aliphatic heterocycles. The number of amides is 2. The molecular formula is C26H31N3O4S. The van der Waals surface area contributed by atoms with Crippen LogP contribution in [0.2, 0.25) is 0 Å². The molecule has 4 rings (SSSR count). The number of carbonyl (C=O) groups is 2. The van der Waals surface area contributed by atoms with E-state index >= 15 is 0 Å². The van der Waals surface area contributed by atoms with E-state index in [2.05, 4.69) is 5.32 Å². The first-order chi connectivity index (χ1) is 16.1. The lowest BCUT2D eigenvalue weighted by Gasteiger charge is -2.33. The van der Waals surface area contributed by atoms with Crippen molar-refractivity contribution in [3.63, 3.8) is 0 Å². The van der Waals surface area contributed by atoms with E-state index in [-0.39, 0.29) is 22.6 Å². The number of hydrogen-bond donors (Lipinski definition) is 1. The number of carbonyl (C=O) groups excluding carboxylic acids is 2. The second-order valence-electron chi connectivity index (χ2n) is 9.78. The van der Waals surface area contributed by atoms with Crippen molar-refractivity contribution in [3.05, 3.63) is 77.5 Å². The van der Waals surface area contributed by atoms with E-state index in [1.165, 1.54) is 0 Å². The van der Waals surface area contributed by atoms with Gasteiger partial charge in [-0.15, -0.1) is 0 Å². The fraction of sp³-hybridized carbons (Fsp3) is 0.385. The van der Waals surface area contributed by atoms with Crippen LogP contribution in [0.1, 0.15) is 44.7 Å². The van der Waals surface area contributed by atoms with Gasteiger partial charge < -0.3 is 10.2 Å². The lowest BCUT2D eigenvalue weighted by Crippen LogP contribution is -2.49. The number of hydrogen-bond acceptors (Lipinski definition) is 5. The van der Waals surface area contributed by atoms with Crippen LogP contribution in [0, 0.1) is 0 Å². The summed E-state index contributed by atoms with van der Waals surface area (Å²) in [5.41, 5.74) is 0.692. The molecule has 8 heteroatoms. The fourth-order valence-corrected chi connectivity index (χ4v) is 6.61. The third-order valence-corrected chi connectivity index (χ3v) is 8.31. The topological polar surface area (TPSA) is 86.8 Å². The zero-order valence-corrected chi connectivity index (χ0v) is 20.6. The van der Waals surface area contributed by atoms with E-state index in [0.29, 0.717) is 37.9 Å². The van der Waals surface area contributed by atoms with Crippen molar-refractivity contribution < 1.29 is 18.0 Å². The summed E-state index contributed by atoms with van der Waals surface area (Å²) in [5.74, 6) is -0.457. The summed E-state index contributed by atoms with van der Waals surface area (Å²) in [6, 6.07) is 18.3. The monoisotopic (exact) mass is 481 g/mol. The van der Waals surface area contributed by atoms with E-state index in [1.54, 1.807) is 45.0 Å². The summed E-state index contributed by atoms with van der Waals surface area (Å²) in [6.07, 6.45) is 1.63. The maximum absolute atomic E-state index is 13.5. The molecule has 0 aliphatic carbocycles. The maximum Gasteiger partial charge on any atom is 0.285 e. The van der Waals surface area contributed by atoms with Gasteiger partial charge in [-0.1, -0.05) is 60.7 Å². The van der Waals surface area contributed by atoms with Gasteiger partial charge in [0.05, 0.1) is 12.0 Å². The molecule has 2 amide bonds. The van der Waals surface area contributed by atoms with Crippen molar-refractivity contribution >= 4 is 26.7 Å². The smallest absolute Gasteiger partial charge is 0.285 e. The molecule has 2 aromatic rings. The highest BCUT2D eigenvalue weighted by Crippen LogP contribution is 2.39. The van der Waals surface area contributed by atoms with Gasteiger partial charge in [0.1, 0.15) is 10.6 Å². The molecule has 34 heavy (non-hydrogen) atoms. The molecule has 0 aromatic heterocycles. The lowest BCUT2D eigenvalue weighted by molar-refractivity contribution is -0.131. The Balaban J connectivity index is 1.52. The Morgan fingerprint density at radius 3 is 2.09 bits per heavy atom. The molecular weight excluding hydrogens is 450 g/mol. The van der Waals surface area contributed by atoms with Gasteiger partial charge in [0, 0.05) is 19.1 Å². The summed E-state index contributed by atoms with van der Waals surface area (Å²) < 4.78 is 27.9. The molecule has 7 nitrogen and oxygen atoms in total. The Morgan fingerprint density at radius 1 is 0.971 bits per heavy atom. The third kappa shape index (κ3) is 4.73. The summed E-state index contributed by atoms with van der Waals surface area (Å²) in [4.78, 5) is 27.9. The molecule has 0 bridgehead atoms. The molecule has 2 aliphatic rings. The second kappa shape index (κ2) is 9.25. The summed E-state index contributed by atoms with van der Waals surface area (Å²) in [6.45, 7) is 6.25. The van der Waals surface area contributed by atoms with Crippen LogP contribution >= 0.6 is 0 Å². The van der Waals surface area contributed by atoms with E-state index in [4.69, 9.17) is 0 Å². The minimum atomic E-state index is -4.01. The molecule has 180 valence electrons. The minimum absolute atomic E-state index is 0.0237. The summed E-state index contributed by atoms with van der Waals surface area (Å²) >= 11 is 0. The van der Waals surface area contributed by atoms with Gasteiger partial charge in [0.25, 0.3) is 15.9 Å². The highest BCUT2D eigenvalue weighted by molar-refractivity contribution is 7.99. The SMILES string of the molecule is CC(C)(C)N1C(=O)C(NC2CCN(C(=O)Cc3ccccc3)CC2)=C(c2ccccc2)S1(=O)=O. The molecule has 0 atom stereocenters. The maximum atomic E-state index is 13.5. The third-order valence-electron chi connectivity index (χ3n) is 6.16. The molecule has 0 radical (unpaired) electrons. The molecule has 1 saturated heterocycles. The van der Waals surface area contributed by atoms with E-state index < -0.39 is 21.5 Å². The Bertz CT molecular complexity index is 1190. The Labute approximate surface area is 201 Å². The summed E-state index contributed by atoms with van der Waals surface area (Å²) in [7, 11) is -4.01. The Kier molecular flexibility index (Phi) is 6.53. The highest BCUT2D eigenvalue weighted by atomic mass is 32.2. The zero-order chi connectivity index (χ0) is 24.5. The molecule has 0 saturated carbocycles. The number of nitrogens with one attached hydrogen (secondary N) is 1. The first-order valence-electron chi connectivity index (χ1n) is 11.6. The van der Waals surface area contributed by atoms with Gasteiger partial charge in [0.2, 0.25) is 5.91 Å². The van der Waals surface area contributed by atoms with Crippen LogP contribution in [-0.2, 0) is 26.0 Å². The van der Waals surface area contributed by atoms with Crippen molar-refractivity contribution in [2.45, 2.75) is 51.6 Å². The second-order valence-corrected chi connectivity index (χ2v) is 11.5. The van der Waals surface area contributed by atoms with Gasteiger partial charge in [-0.3, -0.25) is 9.59 Å². The number of likely N-dealkylation sites (tertiary alicyclic amines) is 1. The average molecular weight is 482 g/mol. The molecule has 2 aromatic carbocycles. The lowest BCUT2D eigenvalue weighted by atomic mass is 10.0. The number of nitrogens with zero attached hydrogens (tertiary/aromatic N) is 2. The van der Waals surface area contributed by atoms with Crippen molar-refractivity contribution in [1.82, 2.24) is 14.5 Å². The first-order valence-corrected chi connectivity index (χ1v) is 13.0.